The van der Waals surface area contributed by atoms with E-state index < -0.39 is 0 Å². The van der Waals surface area contributed by atoms with Gasteiger partial charge in [0.2, 0.25) is 0 Å². The minimum absolute atomic E-state index is 0.0799. The second-order valence-electron chi connectivity index (χ2n) is 3.63. The molecule has 0 radical (unpaired) electrons. The number of aromatic nitrogens is 4. The molecule has 0 aliphatic rings. The molecule has 0 aliphatic carbocycles. The van der Waals surface area contributed by atoms with E-state index in [4.69, 9.17) is 0 Å². The van der Waals surface area contributed by atoms with E-state index in [0.29, 0.717) is 11.1 Å². The fraction of sp³-hybridized carbons (Fsp3) is 0.273. The second-order valence-corrected chi connectivity index (χ2v) is 3.63. The van der Waals surface area contributed by atoms with E-state index in [2.05, 4.69) is 15.1 Å². The average molecular weight is 216 g/mol. The molecule has 0 aromatic carbocycles. The summed E-state index contributed by atoms with van der Waals surface area (Å²) >= 11 is 0. The Bertz CT molecular complexity index is 530. The molecule has 0 amide bonds. The number of carbonyl (C=O) groups is 1. The highest BCUT2D eigenvalue weighted by Gasteiger charge is 2.18. The molecule has 0 saturated heterocycles. The zero-order valence-electron chi connectivity index (χ0n) is 9.43. The van der Waals surface area contributed by atoms with E-state index >= 15 is 0 Å². The molecule has 5 heteroatoms. The predicted molar refractivity (Wildman–Crippen MR) is 58.1 cm³/mol. The minimum atomic E-state index is -0.0799. The molecule has 5 nitrogen and oxygen atoms in total. The molecule has 0 spiro atoms. The normalized spacial score (nSPS) is 10.4. The summed E-state index contributed by atoms with van der Waals surface area (Å²) in [6.07, 6.45) is 4.43. The van der Waals surface area contributed by atoms with Gasteiger partial charge in [0.15, 0.2) is 5.78 Å². The fourth-order valence-corrected chi connectivity index (χ4v) is 1.66. The Morgan fingerprint density at radius 2 is 1.88 bits per heavy atom. The first-order valence-electron chi connectivity index (χ1n) is 4.91. The molecule has 0 saturated carbocycles. The number of ketones is 1. The lowest BCUT2D eigenvalue weighted by atomic mass is 10.0. The van der Waals surface area contributed by atoms with Gasteiger partial charge in [-0.3, -0.25) is 9.48 Å². The molecule has 2 aromatic rings. The van der Waals surface area contributed by atoms with E-state index in [1.807, 2.05) is 20.9 Å². The lowest BCUT2D eigenvalue weighted by Gasteiger charge is -2.00. The monoisotopic (exact) mass is 216 g/mol. The number of hydrogen-bond donors (Lipinski definition) is 0. The molecule has 0 aliphatic heterocycles. The van der Waals surface area contributed by atoms with Crippen molar-refractivity contribution in [3.63, 3.8) is 0 Å². The van der Waals surface area contributed by atoms with Gasteiger partial charge in [-0.15, -0.1) is 0 Å². The highest BCUT2D eigenvalue weighted by atomic mass is 16.1. The summed E-state index contributed by atoms with van der Waals surface area (Å²) < 4.78 is 1.70. The molecular weight excluding hydrogens is 204 g/mol. The first-order valence-corrected chi connectivity index (χ1v) is 4.91. The van der Waals surface area contributed by atoms with Gasteiger partial charge in [0.05, 0.1) is 16.8 Å². The third-order valence-electron chi connectivity index (χ3n) is 2.56. The van der Waals surface area contributed by atoms with Crippen LogP contribution in [0.3, 0.4) is 0 Å². The van der Waals surface area contributed by atoms with Crippen LogP contribution in [0.15, 0.2) is 18.7 Å². The van der Waals surface area contributed by atoms with Crippen LogP contribution < -0.4 is 0 Å². The van der Waals surface area contributed by atoms with Crippen LogP contribution in [0.1, 0.15) is 27.3 Å². The van der Waals surface area contributed by atoms with Gasteiger partial charge in [0.1, 0.15) is 6.33 Å². The number of aryl methyl sites for hydroxylation is 2. The molecule has 2 rings (SSSR count). The highest BCUT2D eigenvalue weighted by Crippen LogP contribution is 2.16. The van der Waals surface area contributed by atoms with Crippen molar-refractivity contribution in [2.75, 3.05) is 0 Å². The first-order chi connectivity index (χ1) is 7.61. The molecule has 2 heterocycles. The first kappa shape index (κ1) is 10.5. The predicted octanol–water partition coefficient (Wildman–Crippen LogP) is 1.06. The maximum absolute atomic E-state index is 12.2. The highest BCUT2D eigenvalue weighted by molar-refractivity contribution is 6.10. The maximum atomic E-state index is 12.2. The van der Waals surface area contributed by atoms with Crippen molar-refractivity contribution in [2.24, 2.45) is 7.05 Å². The summed E-state index contributed by atoms with van der Waals surface area (Å²) in [7, 11) is 1.82. The summed E-state index contributed by atoms with van der Waals surface area (Å²) in [4.78, 5) is 19.8. The maximum Gasteiger partial charge on any atom is 0.199 e. The molecule has 0 unspecified atom stereocenters. The molecule has 0 bridgehead atoms. The Morgan fingerprint density at radius 3 is 2.38 bits per heavy atom. The summed E-state index contributed by atoms with van der Waals surface area (Å²) in [6.45, 7) is 3.70. The van der Waals surface area contributed by atoms with Crippen LogP contribution in [0.2, 0.25) is 0 Å². The third-order valence-corrected chi connectivity index (χ3v) is 2.56. The van der Waals surface area contributed by atoms with Crippen molar-refractivity contribution in [2.45, 2.75) is 13.8 Å². The van der Waals surface area contributed by atoms with Gasteiger partial charge in [-0.05, 0) is 13.8 Å². The van der Waals surface area contributed by atoms with Crippen LogP contribution in [-0.4, -0.2) is 25.5 Å². The van der Waals surface area contributed by atoms with Crippen LogP contribution in [-0.2, 0) is 7.05 Å². The molecular formula is C11H12N4O. The lowest BCUT2D eigenvalue weighted by molar-refractivity contribution is 0.103. The van der Waals surface area contributed by atoms with E-state index in [-0.39, 0.29) is 5.78 Å². The molecule has 0 N–H and O–H groups in total. The van der Waals surface area contributed by atoms with Crippen molar-refractivity contribution in [3.05, 3.63) is 41.2 Å². The van der Waals surface area contributed by atoms with E-state index in [9.17, 15) is 4.79 Å². The number of nitrogens with zero attached hydrogens (tertiary/aromatic N) is 4. The molecule has 0 atom stereocenters. The SMILES string of the molecule is Cc1nn(C)c(C)c1C(=O)c1cncnc1. The van der Waals surface area contributed by atoms with Crippen LogP contribution in [0.4, 0.5) is 0 Å². The third kappa shape index (κ3) is 1.60. The van der Waals surface area contributed by atoms with Gasteiger partial charge >= 0.3 is 0 Å². The van der Waals surface area contributed by atoms with Crippen molar-refractivity contribution >= 4 is 5.78 Å². The zero-order valence-corrected chi connectivity index (χ0v) is 9.43. The molecule has 0 fully saturated rings. The Hall–Kier alpha value is -2.04. The van der Waals surface area contributed by atoms with Gasteiger partial charge in [0, 0.05) is 25.1 Å². The van der Waals surface area contributed by atoms with Crippen LogP contribution in [0.25, 0.3) is 0 Å². The van der Waals surface area contributed by atoms with Crippen molar-refractivity contribution in [1.82, 2.24) is 19.7 Å². The lowest BCUT2D eigenvalue weighted by Crippen LogP contribution is -2.05. The zero-order chi connectivity index (χ0) is 11.7. The van der Waals surface area contributed by atoms with Crippen LogP contribution in [0, 0.1) is 13.8 Å². The van der Waals surface area contributed by atoms with Crippen molar-refractivity contribution < 1.29 is 4.79 Å². The molecule has 16 heavy (non-hydrogen) atoms. The Morgan fingerprint density at radius 1 is 1.25 bits per heavy atom. The smallest absolute Gasteiger partial charge is 0.199 e. The Kier molecular flexibility index (Phi) is 2.52. The summed E-state index contributed by atoms with van der Waals surface area (Å²) in [5.41, 5.74) is 2.71. The fourth-order valence-electron chi connectivity index (χ4n) is 1.66. The summed E-state index contributed by atoms with van der Waals surface area (Å²) in [5, 5.41) is 4.21. The largest absolute Gasteiger partial charge is 0.288 e. The molecule has 2 aromatic heterocycles. The standard InChI is InChI=1S/C11H12N4O/c1-7-10(8(2)15(3)14-7)11(16)9-4-12-6-13-5-9/h4-6H,1-3H3. The minimum Gasteiger partial charge on any atom is -0.288 e. The van der Waals surface area contributed by atoms with Gasteiger partial charge in [-0.2, -0.15) is 5.10 Å². The number of carbonyl (C=O) groups excluding carboxylic acids is 1. The molecule has 82 valence electrons. The van der Waals surface area contributed by atoms with E-state index in [1.165, 1.54) is 18.7 Å². The van der Waals surface area contributed by atoms with E-state index in [1.54, 1.807) is 4.68 Å². The topological polar surface area (TPSA) is 60.7 Å². The van der Waals surface area contributed by atoms with Gasteiger partial charge in [0.25, 0.3) is 0 Å². The number of rotatable bonds is 2. The van der Waals surface area contributed by atoms with Crippen LogP contribution in [0.5, 0.6) is 0 Å². The summed E-state index contributed by atoms with van der Waals surface area (Å²) in [6, 6.07) is 0. The van der Waals surface area contributed by atoms with Crippen LogP contribution >= 0.6 is 0 Å². The Labute approximate surface area is 93.2 Å². The van der Waals surface area contributed by atoms with Crippen molar-refractivity contribution in [1.29, 1.82) is 0 Å². The van der Waals surface area contributed by atoms with Gasteiger partial charge < -0.3 is 0 Å². The second kappa shape index (κ2) is 3.84. The number of hydrogen-bond acceptors (Lipinski definition) is 4. The van der Waals surface area contributed by atoms with Gasteiger partial charge in [-0.25, -0.2) is 9.97 Å². The van der Waals surface area contributed by atoms with Gasteiger partial charge in [-0.1, -0.05) is 0 Å². The average Bonchev–Trinajstić information content (AvgIpc) is 2.54. The van der Waals surface area contributed by atoms with E-state index in [0.717, 1.165) is 11.4 Å². The Balaban J connectivity index is 2.50. The quantitative estimate of drug-likeness (QED) is 0.704. The summed E-state index contributed by atoms with van der Waals surface area (Å²) in [5.74, 6) is -0.0799. The van der Waals surface area contributed by atoms with Crippen molar-refractivity contribution in [3.8, 4) is 0 Å².